The molecular formula is C20H23N3O3S. The molecule has 2 aromatic rings. The molecule has 1 aliphatic heterocycles. The van der Waals surface area contributed by atoms with Gasteiger partial charge in [0.25, 0.3) is 0 Å². The highest BCUT2D eigenvalue weighted by Gasteiger charge is 2.36. The Balaban J connectivity index is 1.48. The molecule has 1 amide bonds. The molecule has 4 rings (SSSR count). The third-order valence-corrected chi connectivity index (χ3v) is 6.63. The van der Waals surface area contributed by atoms with Gasteiger partial charge in [-0.05, 0) is 62.1 Å². The number of carbonyl (C=O) groups is 1. The fourth-order valence-electron chi connectivity index (χ4n) is 3.53. The van der Waals surface area contributed by atoms with Crippen LogP contribution < -0.4 is 9.62 Å². The van der Waals surface area contributed by atoms with Crippen molar-refractivity contribution in [2.45, 2.75) is 43.5 Å². The number of nitrogens with one attached hydrogen (secondary N) is 1. The van der Waals surface area contributed by atoms with Gasteiger partial charge >= 0.3 is 0 Å². The lowest BCUT2D eigenvalue weighted by Gasteiger charge is -2.18. The van der Waals surface area contributed by atoms with Gasteiger partial charge in [0.1, 0.15) is 0 Å². The average Bonchev–Trinajstić information content (AvgIpc) is 3.40. The summed E-state index contributed by atoms with van der Waals surface area (Å²) in [5, 5.41) is 0. The highest BCUT2D eigenvalue weighted by atomic mass is 32.2. The number of aromatic nitrogens is 1. The fourth-order valence-corrected chi connectivity index (χ4v) is 4.83. The Morgan fingerprint density at radius 1 is 1.30 bits per heavy atom. The largest absolute Gasteiger partial charge is 0.312 e. The van der Waals surface area contributed by atoms with E-state index in [1.165, 1.54) is 0 Å². The van der Waals surface area contributed by atoms with Crippen molar-refractivity contribution in [2.24, 2.45) is 5.92 Å². The summed E-state index contributed by atoms with van der Waals surface area (Å²) in [7, 11) is -3.62. The van der Waals surface area contributed by atoms with E-state index in [0.717, 1.165) is 29.8 Å². The number of rotatable bonds is 6. The van der Waals surface area contributed by atoms with Crippen molar-refractivity contribution in [3.05, 3.63) is 53.9 Å². The van der Waals surface area contributed by atoms with Crippen LogP contribution in [0, 0.1) is 5.92 Å². The third-order valence-electron chi connectivity index (χ3n) is 5.05. The number of hydrogen-bond donors (Lipinski definition) is 1. The molecule has 2 heterocycles. The fraction of sp³-hybridized carbons (Fsp3) is 0.400. The average molecular weight is 385 g/mol. The normalized spacial score (nSPS) is 17.6. The second-order valence-electron chi connectivity index (χ2n) is 7.35. The Labute approximate surface area is 159 Å². The van der Waals surface area contributed by atoms with Gasteiger partial charge in [-0.2, -0.15) is 0 Å². The van der Waals surface area contributed by atoms with Gasteiger partial charge in [-0.3, -0.25) is 9.78 Å². The Bertz CT molecular complexity index is 956. The third kappa shape index (κ3) is 3.89. The monoisotopic (exact) mass is 385 g/mol. The molecule has 1 saturated carbocycles. The van der Waals surface area contributed by atoms with Crippen LogP contribution in [0.2, 0.25) is 0 Å². The summed E-state index contributed by atoms with van der Waals surface area (Å²) < 4.78 is 28.2. The predicted molar refractivity (Wildman–Crippen MR) is 103 cm³/mol. The Morgan fingerprint density at radius 2 is 2.11 bits per heavy atom. The van der Waals surface area contributed by atoms with Crippen molar-refractivity contribution in [1.29, 1.82) is 0 Å². The zero-order chi connectivity index (χ0) is 19.0. The van der Waals surface area contributed by atoms with E-state index in [2.05, 4.69) is 9.71 Å². The molecule has 7 heteroatoms. The molecule has 27 heavy (non-hydrogen) atoms. The number of benzene rings is 1. The van der Waals surface area contributed by atoms with E-state index in [0.29, 0.717) is 19.4 Å². The van der Waals surface area contributed by atoms with Crippen molar-refractivity contribution in [2.75, 3.05) is 11.4 Å². The van der Waals surface area contributed by atoms with E-state index < -0.39 is 10.0 Å². The second-order valence-corrected chi connectivity index (χ2v) is 9.07. The summed E-state index contributed by atoms with van der Waals surface area (Å²) >= 11 is 0. The number of sulfonamides is 1. The maximum Gasteiger partial charge on any atom is 0.240 e. The maximum absolute atomic E-state index is 12.8. The molecular weight excluding hydrogens is 362 g/mol. The molecule has 6 nitrogen and oxygen atoms in total. The molecule has 0 spiro atoms. The maximum atomic E-state index is 12.8. The highest BCUT2D eigenvalue weighted by Crippen LogP contribution is 2.37. The van der Waals surface area contributed by atoms with Crippen molar-refractivity contribution in [3.63, 3.8) is 0 Å². The van der Waals surface area contributed by atoms with Gasteiger partial charge in [-0.25, -0.2) is 13.1 Å². The van der Waals surface area contributed by atoms with Crippen molar-refractivity contribution in [3.8, 4) is 0 Å². The summed E-state index contributed by atoms with van der Waals surface area (Å²) in [6.07, 6.45) is 4.85. The van der Waals surface area contributed by atoms with Gasteiger partial charge in [-0.15, -0.1) is 0 Å². The Morgan fingerprint density at radius 3 is 2.81 bits per heavy atom. The van der Waals surface area contributed by atoms with Crippen LogP contribution in [0.25, 0.3) is 0 Å². The number of carbonyl (C=O) groups excluding carboxylic acids is 1. The molecule has 1 atom stereocenters. The van der Waals surface area contributed by atoms with Crippen LogP contribution in [0.3, 0.4) is 0 Å². The van der Waals surface area contributed by atoms with E-state index in [1.54, 1.807) is 29.3 Å². The zero-order valence-electron chi connectivity index (χ0n) is 15.3. The minimum atomic E-state index is -3.62. The van der Waals surface area contributed by atoms with E-state index in [9.17, 15) is 13.2 Å². The van der Waals surface area contributed by atoms with Crippen molar-refractivity contribution < 1.29 is 13.2 Å². The van der Waals surface area contributed by atoms with Crippen LogP contribution in [-0.4, -0.2) is 31.9 Å². The predicted octanol–water partition coefficient (Wildman–Crippen LogP) is 2.29. The number of hydrogen-bond acceptors (Lipinski definition) is 4. The molecule has 142 valence electrons. The molecule has 2 aliphatic rings. The molecule has 1 aliphatic carbocycles. The summed E-state index contributed by atoms with van der Waals surface area (Å²) in [5.41, 5.74) is 2.62. The van der Waals surface area contributed by atoms with Gasteiger partial charge in [-0.1, -0.05) is 6.07 Å². The Kier molecular flexibility index (Phi) is 4.74. The zero-order valence-corrected chi connectivity index (χ0v) is 16.1. The van der Waals surface area contributed by atoms with Gasteiger partial charge in [0.15, 0.2) is 0 Å². The first-order valence-corrected chi connectivity index (χ1v) is 10.8. The minimum Gasteiger partial charge on any atom is -0.312 e. The molecule has 1 aromatic carbocycles. The molecule has 0 radical (unpaired) electrons. The van der Waals surface area contributed by atoms with E-state index in [1.807, 2.05) is 25.1 Å². The summed E-state index contributed by atoms with van der Waals surface area (Å²) in [6.45, 7) is 2.47. The molecule has 0 unspecified atom stereocenters. The number of anilines is 1. The number of pyridine rings is 1. The molecule has 0 saturated heterocycles. The minimum absolute atomic E-state index is 0.161. The molecule has 0 bridgehead atoms. The topological polar surface area (TPSA) is 79.4 Å². The first-order chi connectivity index (χ1) is 12.9. The first kappa shape index (κ1) is 18.1. The van der Waals surface area contributed by atoms with Crippen molar-refractivity contribution in [1.82, 2.24) is 9.71 Å². The highest BCUT2D eigenvalue weighted by molar-refractivity contribution is 7.89. The molecule has 1 N–H and O–H groups in total. The van der Waals surface area contributed by atoms with Crippen LogP contribution in [0.1, 0.15) is 31.0 Å². The van der Waals surface area contributed by atoms with E-state index >= 15 is 0 Å². The quantitative estimate of drug-likeness (QED) is 0.827. The second kappa shape index (κ2) is 7.05. The smallest absolute Gasteiger partial charge is 0.240 e. The lowest BCUT2D eigenvalue weighted by atomic mass is 10.2. The standard InChI is InChI=1S/C20H23N3O3S/c1-14(12-17-4-2-3-10-21-17)22-27(25,26)18-7-8-19-16(13-18)9-11-23(19)20(24)15-5-6-15/h2-4,7-8,10,13-15,22H,5-6,9,11-12H2,1H3/t14-/m0/s1. The molecule has 1 fully saturated rings. The van der Waals surface area contributed by atoms with Crippen LogP contribution in [0.4, 0.5) is 5.69 Å². The van der Waals surface area contributed by atoms with Gasteiger partial charge < -0.3 is 4.90 Å². The SMILES string of the molecule is C[C@@H](Cc1ccccn1)NS(=O)(=O)c1ccc2c(c1)CCN2C(=O)C1CC1. The summed E-state index contributed by atoms with van der Waals surface area (Å²) in [5.74, 6) is 0.333. The van der Waals surface area contributed by atoms with Gasteiger partial charge in [0.2, 0.25) is 15.9 Å². The summed E-state index contributed by atoms with van der Waals surface area (Å²) in [4.78, 5) is 18.7. The first-order valence-electron chi connectivity index (χ1n) is 9.30. The van der Waals surface area contributed by atoms with Gasteiger partial charge in [0.05, 0.1) is 4.90 Å². The lowest BCUT2D eigenvalue weighted by Crippen LogP contribution is -2.34. The number of fused-ring (bicyclic) bond motifs is 1. The Hall–Kier alpha value is -2.25. The van der Waals surface area contributed by atoms with Crippen LogP contribution in [-0.2, 0) is 27.7 Å². The summed E-state index contributed by atoms with van der Waals surface area (Å²) in [6, 6.07) is 10.4. The van der Waals surface area contributed by atoms with Gasteiger partial charge in [0, 0.05) is 42.5 Å². The number of nitrogens with zero attached hydrogens (tertiary/aromatic N) is 2. The molecule has 1 aromatic heterocycles. The van der Waals surface area contributed by atoms with E-state index in [-0.39, 0.29) is 22.8 Å². The lowest BCUT2D eigenvalue weighted by molar-refractivity contribution is -0.119. The van der Waals surface area contributed by atoms with Crippen molar-refractivity contribution >= 4 is 21.6 Å². The van der Waals surface area contributed by atoms with Crippen LogP contribution >= 0.6 is 0 Å². The number of amides is 1. The van der Waals surface area contributed by atoms with Crippen LogP contribution in [0.15, 0.2) is 47.5 Å². The van der Waals surface area contributed by atoms with E-state index in [4.69, 9.17) is 0 Å². The van der Waals surface area contributed by atoms with Crippen LogP contribution in [0.5, 0.6) is 0 Å².